The monoisotopic (exact) mass is 244 g/mol. The minimum atomic E-state index is -0.896. The molecule has 0 aliphatic rings. The normalized spacial score (nSPS) is 12.4. The van der Waals surface area contributed by atoms with Crippen LogP contribution in [-0.2, 0) is 0 Å². The highest BCUT2D eigenvalue weighted by molar-refractivity contribution is 7.99. The van der Waals surface area contributed by atoms with E-state index in [0.717, 1.165) is 11.8 Å². The smallest absolute Gasteiger partial charge is 0.301 e. The third kappa shape index (κ3) is 3.44. The number of aliphatic hydroxyl groups excluding tert-OH is 2. The molecular formula is C9H12N2O4S. The highest BCUT2D eigenvalue weighted by atomic mass is 32.2. The van der Waals surface area contributed by atoms with Gasteiger partial charge in [0.25, 0.3) is 0 Å². The standard InChI is InChI=1S/C9H12N2O4S/c1-6-2-8(11(14)15)9(10-3-6)16-5-7(13)4-12/h2-3,7,12-13H,4-5H2,1H3. The molecule has 1 unspecified atom stereocenters. The van der Waals surface area contributed by atoms with Gasteiger partial charge in [-0.25, -0.2) is 4.98 Å². The van der Waals surface area contributed by atoms with Crippen LogP contribution in [-0.4, -0.2) is 38.6 Å². The van der Waals surface area contributed by atoms with E-state index in [-0.39, 0.29) is 23.1 Å². The first kappa shape index (κ1) is 12.9. The molecule has 2 N–H and O–H groups in total. The molecule has 0 spiro atoms. The van der Waals surface area contributed by atoms with E-state index >= 15 is 0 Å². The van der Waals surface area contributed by atoms with Gasteiger partial charge in [0, 0.05) is 18.0 Å². The predicted molar refractivity (Wildman–Crippen MR) is 59.4 cm³/mol. The molecule has 0 amide bonds. The van der Waals surface area contributed by atoms with Crippen molar-refractivity contribution in [3.63, 3.8) is 0 Å². The Hall–Kier alpha value is -1.18. The third-order valence-corrected chi connectivity index (χ3v) is 2.93. The Morgan fingerprint density at radius 3 is 2.94 bits per heavy atom. The second-order valence-corrected chi connectivity index (χ2v) is 4.25. The molecule has 1 rings (SSSR count). The van der Waals surface area contributed by atoms with Crippen LogP contribution in [0.5, 0.6) is 0 Å². The molecule has 0 saturated heterocycles. The minimum Gasteiger partial charge on any atom is -0.394 e. The number of aromatic nitrogens is 1. The zero-order chi connectivity index (χ0) is 12.1. The van der Waals surface area contributed by atoms with Gasteiger partial charge in [-0.1, -0.05) is 11.8 Å². The molecule has 1 atom stereocenters. The molecule has 0 saturated carbocycles. The van der Waals surface area contributed by atoms with Crippen LogP contribution in [0.15, 0.2) is 17.3 Å². The Labute approximate surface area is 96.5 Å². The quantitative estimate of drug-likeness (QED) is 0.450. The lowest BCUT2D eigenvalue weighted by Crippen LogP contribution is -2.14. The maximum atomic E-state index is 10.7. The van der Waals surface area contributed by atoms with E-state index in [2.05, 4.69) is 4.98 Å². The van der Waals surface area contributed by atoms with Crippen molar-refractivity contribution in [3.8, 4) is 0 Å². The molecule has 88 valence electrons. The van der Waals surface area contributed by atoms with Crippen molar-refractivity contribution >= 4 is 17.4 Å². The molecule has 1 heterocycles. The lowest BCUT2D eigenvalue weighted by molar-refractivity contribution is -0.388. The number of nitrogens with zero attached hydrogens (tertiary/aromatic N) is 2. The summed E-state index contributed by atoms with van der Waals surface area (Å²) in [5.41, 5.74) is 0.633. The maximum Gasteiger partial charge on any atom is 0.301 e. The molecule has 0 bridgehead atoms. The summed E-state index contributed by atoms with van der Waals surface area (Å²) < 4.78 is 0. The zero-order valence-corrected chi connectivity index (χ0v) is 9.48. The highest BCUT2D eigenvalue weighted by Crippen LogP contribution is 2.27. The molecular weight excluding hydrogens is 232 g/mol. The van der Waals surface area contributed by atoms with E-state index in [9.17, 15) is 10.1 Å². The molecule has 0 aliphatic carbocycles. The van der Waals surface area contributed by atoms with Gasteiger partial charge in [0.1, 0.15) is 0 Å². The zero-order valence-electron chi connectivity index (χ0n) is 8.66. The Morgan fingerprint density at radius 1 is 1.69 bits per heavy atom. The highest BCUT2D eigenvalue weighted by Gasteiger charge is 2.17. The lowest BCUT2D eigenvalue weighted by atomic mass is 10.3. The summed E-state index contributed by atoms with van der Waals surface area (Å²) in [6.45, 7) is 1.35. The van der Waals surface area contributed by atoms with Crippen LogP contribution < -0.4 is 0 Å². The third-order valence-electron chi connectivity index (χ3n) is 1.79. The second kappa shape index (κ2) is 5.78. The number of rotatable bonds is 5. The average Bonchev–Trinajstić information content (AvgIpc) is 2.26. The van der Waals surface area contributed by atoms with E-state index in [0.29, 0.717) is 5.56 Å². The molecule has 0 radical (unpaired) electrons. The van der Waals surface area contributed by atoms with Gasteiger partial charge in [-0.2, -0.15) is 0 Å². The molecule has 0 aromatic carbocycles. The largest absolute Gasteiger partial charge is 0.394 e. The number of aliphatic hydroxyl groups is 2. The molecule has 7 heteroatoms. The predicted octanol–water partition coefficient (Wildman–Crippen LogP) is 0.744. The Morgan fingerprint density at radius 2 is 2.38 bits per heavy atom. The first-order valence-electron chi connectivity index (χ1n) is 4.57. The first-order chi connectivity index (χ1) is 7.54. The summed E-state index contributed by atoms with van der Waals surface area (Å²) in [6, 6.07) is 1.43. The maximum absolute atomic E-state index is 10.7. The van der Waals surface area contributed by atoms with Crippen LogP contribution in [0.25, 0.3) is 0 Å². The number of hydrogen-bond donors (Lipinski definition) is 2. The van der Waals surface area contributed by atoms with E-state index < -0.39 is 11.0 Å². The van der Waals surface area contributed by atoms with Gasteiger partial charge in [0.15, 0.2) is 5.03 Å². The van der Waals surface area contributed by atoms with E-state index in [1.165, 1.54) is 12.3 Å². The summed E-state index contributed by atoms with van der Waals surface area (Å²) in [5.74, 6) is 0.174. The fourth-order valence-electron chi connectivity index (χ4n) is 1.01. The second-order valence-electron chi connectivity index (χ2n) is 3.24. The number of hydrogen-bond acceptors (Lipinski definition) is 6. The molecule has 1 aromatic rings. The SMILES string of the molecule is Cc1cnc(SCC(O)CO)c([N+](=O)[O-])c1. The van der Waals surface area contributed by atoms with Gasteiger partial charge in [0.2, 0.25) is 0 Å². The first-order valence-corrected chi connectivity index (χ1v) is 5.56. The minimum absolute atomic E-state index is 0.0739. The molecule has 0 fully saturated rings. The summed E-state index contributed by atoms with van der Waals surface area (Å²) in [6.07, 6.45) is 0.633. The van der Waals surface area contributed by atoms with Crippen molar-refractivity contribution in [2.75, 3.05) is 12.4 Å². The van der Waals surface area contributed by atoms with E-state index in [4.69, 9.17) is 10.2 Å². The van der Waals surface area contributed by atoms with Crippen molar-refractivity contribution in [1.29, 1.82) is 0 Å². The van der Waals surface area contributed by atoms with Gasteiger partial charge >= 0.3 is 5.69 Å². The fraction of sp³-hybridized carbons (Fsp3) is 0.444. The van der Waals surface area contributed by atoms with Gasteiger partial charge in [-0.3, -0.25) is 10.1 Å². The van der Waals surface area contributed by atoms with Gasteiger partial charge < -0.3 is 10.2 Å². The van der Waals surface area contributed by atoms with Crippen LogP contribution >= 0.6 is 11.8 Å². The number of pyridine rings is 1. The van der Waals surface area contributed by atoms with Gasteiger partial charge in [-0.15, -0.1) is 0 Å². The molecule has 0 aliphatic heterocycles. The summed E-state index contributed by atoms with van der Waals surface area (Å²) in [4.78, 5) is 14.2. The van der Waals surface area contributed by atoms with Crippen LogP contribution in [0.2, 0.25) is 0 Å². The van der Waals surface area contributed by atoms with Crippen LogP contribution in [0.3, 0.4) is 0 Å². The van der Waals surface area contributed by atoms with Gasteiger partial charge in [-0.05, 0) is 12.5 Å². The van der Waals surface area contributed by atoms with Crippen molar-refractivity contribution in [3.05, 3.63) is 27.9 Å². The van der Waals surface area contributed by atoms with Crippen molar-refractivity contribution in [2.24, 2.45) is 0 Å². The van der Waals surface area contributed by atoms with Crippen LogP contribution in [0, 0.1) is 17.0 Å². The van der Waals surface area contributed by atoms with Crippen molar-refractivity contribution < 1.29 is 15.1 Å². The molecule has 6 nitrogen and oxygen atoms in total. The van der Waals surface area contributed by atoms with Crippen LogP contribution in [0.1, 0.15) is 5.56 Å². The van der Waals surface area contributed by atoms with E-state index in [1.54, 1.807) is 6.92 Å². The Kier molecular flexibility index (Phi) is 4.66. The summed E-state index contributed by atoms with van der Waals surface area (Å²) in [7, 11) is 0. The molecule has 1 aromatic heterocycles. The van der Waals surface area contributed by atoms with Crippen LogP contribution in [0.4, 0.5) is 5.69 Å². The summed E-state index contributed by atoms with van der Waals surface area (Å²) in [5, 5.41) is 28.7. The number of thioether (sulfide) groups is 1. The topological polar surface area (TPSA) is 96.5 Å². The fourth-order valence-corrected chi connectivity index (χ4v) is 1.88. The molecule has 16 heavy (non-hydrogen) atoms. The Bertz CT molecular complexity index is 386. The number of nitro groups is 1. The lowest BCUT2D eigenvalue weighted by Gasteiger charge is -2.06. The van der Waals surface area contributed by atoms with E-state index in [1.807, 2.05) is 0 Å². The average molecular weight is 244 g/mol. The Balaban J connectivity index is 2.82. The van der Waals surface area contributed by atoms with Crippen molar-refractivity contribution in [1.82, 2.24) is 4.98 Å². The van der Waals surface area contributed by atoms with Crippen molar-refractivity contribution in [2.45, 2.75) is 18.1 Å². The summed E-state index contributed by atoms with van der Waals surface area (Å²) >= 11 is 1.05. The number of aryl methyl sites for hydroxylation is 1. The van der Waals surface area contributed by atoms with Gasteiger partial charge in [0.05, 0.1) is 17.6 Å².